The van der Waals surface area contributed by atoms with Crippen molar-refractivity contribution in [1.82, 2.24) is 5.32 Å². The molecule has 0 spiro atoms. The summed E-state index contributed by atoms with van der Waals surface area (Å²) in [5.74, 6) is -2.65. The lowest BCUT2D eigenvalue weighted by Crippen LogP contribution is -2.40. The number of nitro groups is 1. The van der Waals surface area contributed by atoms with Crippen molar-refractivity contribution < 1.29 is 29.2 Å². The Morgan fingerprint density at radius 2 is 2.14 bits per heavy atom. The second-order valence-corrected chi connectivity index (χ2v) is 4.94. The molecule has 1 atom stereocenters. The van der Waals surface area contributed by atoms with E-state index < -0.39 is 28.8 Å². The molecule has 1 aromatic heterocycles. The van der Waals surface area contributed by atoms with Gasteiger partial charge in [0.15, 0.2) is 0 Å². The van der Waals surface area contributed by atoms with Gasteiger partial charge in [0.1, 0.15) is 6.04 Å². The maximum absolute atomic E-state index is 11.8. The normalized spacial score (nSPS) is 11.5. The lowest BCUT2D eigenvalue weighted by Gasteiger charge is -2.12. The molecule has 10 heteroatoms. The summed E-state index contributed by atoms with van der Waals surface area (Å²) in [7, 11) is 1.17. The number of aliphatic carboxylic acids is 1. The van der Waals surface area contributed by atoms with Crippen molar-refractivity contribution in [3.63, 3.8) is 0 Å². The molecule has 1 aromatic rings. The number of carboxylic acids is 1. The summed E-state index contributed by atoms with van der Waals surface area (Å²) < 4.78 is 4.38. The van der Waals surface area contributed by atoms with E-state index in [9.17, 15) is 24.5 Å². The molecule has 21 heavy (non-hydrogen) atoms. The molecule has 0 aliphatic heterocycles. The van der Waals surface area contributed by atoms with Gasteiger partial charge in [0.2, 0.25) is 0 Å². The third-order valence-corrected chi connectivity index (χ3v) is 3.50. The highest BCUT2D eigenvalue weighted by Crippen LogP contribution is 2.23. The number of amides is 1. The molecule has 1 rings (SSSR count). The van der Waals surface area contributed by atoms with Gasteiger partial charge in [-0.25, -0.2) is 4.79 Å². The number of rotatable bonds is 7. The van der Waals surface area contributed by atoms with Crippen molar-refractivity contribution in [2.75, 3.05) is 7.11 Å². The van der Waals surface area contributed by atoms with Gasteiger partial charge >= 0.3 is 16.9 Å². The molecule has 0 saturated heterocycles. The number of hydrogen-bond acceptors (Lipinski definition) is 7. The SMILES string of the molecule is COC(=O)CC[C@@H](NC(=O)c1ccc([N+](=O)[O-])s1)C(=O)O. The van der Waals surface area contributed by atoms with Crippen molar-refractivity contribution in [3.05, 3.63) is 27.1 Å². The Hall–Kier alpha value is -2.49. The summed E-state index contributed by atoms with van der Waals surface area (Å²) in [6.07, 6.45) is -0.306. The van der Waals surface area contributed by atoms with E-state index in [-0.39, 0.29) is 22.7 Å². The van der Waals surface area contributed by atoms with Crippen LogP contribution in [0.5, 0.6) is 0 Å². The van der Waals surface area contributed by atoms with E-state index >= 15 is 0 Å². The first-order valence-corrected chi connectivity index (χ1v) is 6.51. The predicted molar refractivity (Wildman–Crippen MR) is 71.1 cm³/mol. The molecular formula is C11H12N2O7S. The van der Waals surface area contributed by atoms with Crippen molar-refractivity contribution in [1.29, 1.82) is 0 Å². The van der Waals surface area contributed by atoms with Crippen LogP contribution in [0.4, 0.5) is 5.00 Å². The van der Waals surface area contributed by atoms with Gasteiger partial charge < -0.3 is 15.2 Å². The highest BCUT2D eigenvalue weighted by atomic mass is 32.1. The molecule has 9 nitrogen and oxygen atoms in total. The quantitative estimate of drug-likeness (QED) is 0.431. The molecular weight excluding hydrogens is 304 g/mol. The predicted octanol–water partition coefficient (Wildman–Crippen LogP) is 0.792. The second kappa shape index (κ2) is 7.33. The molecule has 0 bridgehead atoms. The number of esters is 1. The van der Waals surface area contributed by atoms with E-state index in [0.717, 1.165) is 6.07 Å². The fourth-order valence-electron chi connectivity index (χ4n) is 1.40. The van der Waals surface area contributed by atoms with Crippen LogP contribution in [0.15, 0.2) is 12.1 Å². The lowest BCUT2D eigenvalue weighted by molar-refractivity contribution is -0.380. The van der Waals surface area contributed by atoms with Gasteiger partial charge in [-0.15, -0.1) is 0 Å². The molecule has 1 heterocycles. The number of ether oxygens (including phenoxy) is 1. The van der Waals surface area contributed by atoms with Crippen LogP contribution in [0, 0.1) is 10.1 Å². The summed E-state index contributed by atoms with van der Waals surface area (Å²) in [5, 5.41) is 21.5. The largest absolute Gasteiger partial charge is 0.480 e. The second-order valence-electron chi connectivity index (χ2n) is 3.87. The number of carbonyl (C=O) groups excluding carboxylic acids is 2. The number of nitrogens with zero attached hydrogens (tertiary/aromatic N) is 1. The Morgan fingerprint density at radius 1 is 1.48 bits per heavy atom. The number of nitrogens with one attached hydrogen (secondary N) is 1. The van der Waals surface area contributed by atoms with Crippen LogP contribution in [0.2, 0.25) is 0 Å². The topological polar surface area (TPSA) is 136 Å². The standard InChI is InChI=1S/C11H12N2O7S/c1-20-9(14)5-2-6(11(16)17)12-10(15)7-3-4-8(21-7)13(18)19/h3-4,6H,2,5H2,1H3,(H,12,15)(H,16,17)/t6-/m1/s1. The van der Waals surface area contributed by atoms with Crippen LogP contribution >= 0.6 is 11.3 Å². The first-order valence-electron chi connectivity index (χ1n) is 5.70. The summed E-state index contributed by atoms with van der Waals surface area (Å²) in [6, 6.07) is 1.11. The Kier molecular flexibility index (Phi) is 5.79. The number of hydrogen-bond donors (Lipinski definition) is 2. The first kappa shape index (κ1) is 16.6. The van der Waals surface area contributed by atoms with E-state index in [2.05, 4.69) is 10.1 Å². The monoisotopic (exact) mass is 316 g/mol. The maximum Gasteiger partial charge on any atom is 0.326 e. The minimum Gasteiger partial charge on any atom is -0.480 e. The zero-order chi connectivity index (χ0) is 16.0. The fraction of sp³-hybridized carbons (Fsp3) is 0.364. The molecule has 0 radical (unpaired) electrons. The summed E-state index contributed by atoms with van der Waals surface area (Å²) in [5.41, 5.74) is 0. The molecule has 0 aromatic carbocycles. The van der Waals surface area contributed by atoms with Gasteiger partial charge in [-0.2, -0.15) is 0 Å². The summed E-state index contributed by atoms with van der Waals surface area (Å²) in [6.45, 7) is 0. The number of carbonyl (C=O) groups is 3. The third kappa shape index (κ3) is 4.84. The van der Waals surface area contributed by atoms with Gasteiger partial charge in [0.25, 0.3) is 5.91 Å². The third-order valence-electron chi connectivity index (χ3n) is 2.46. The molecule has 0 saturated carbocycles. The smallest absolute Gasteiger partial charge is 0.326 e. The lowest BCUT2D eigenvalue weighted by atomic mass is 10.1. The van der Waals surface area contributed by atoms with Crippen LogP contribution in [-0.2, 0) is 14.3 Å². The van der Waals surface area contributed by atoms with Crippen LogP contribution in [0.3, 0.4) is 0 Å². The Balaban J connectivity index is 2.69. The van der Waals surface area contributed by atoms with Gasteiger partial charge in [-0.05, 0) is 12.5 Å². The molecule has 0 aliphatic carbocycles. The van der Waals surface area contributed by atoms with Crippen LogP contribution in [0.1, 0.15) is 22.5 Å². The highest BCUT2D eigenvalue weighted by Gasteiger charge is 2.23. The van der Waals surface area contributed by atoms with E-state index in [4.69, 9.17) is 5.11 Å². The van der Waals surface area contributed by atoms with Crippen molar-refractivity contribution in [3.8, 4) is 0 Å². The average Bonchev–Trinajstić information content (AvgIpc) is 2.92. The van der Waals surface area contributed by atoms with Gasteiger partial charge in [-0.3, -0.25) is 19.7 Å². The van der Waals surface area contributed by atoms with E-state index in [0.29, 0.717) is 11.3 Å². The summed E-state index contributed by atoms with van der Waals surface area (Å²) in [4.78, 5) is 43.7. The Bertz CT molecular complexity index is 569. The molecule has 0 fully saturated rings. The van der Waals surface area contributed by atoms with E-state index in [1.807, 2.05) is 0 Å². The number of carboxylic acid groups (broad SMARTS) is 1. The number of methoxy groups -OCH3 is 1. The molecule has 0 aliphatic rings. The van der Waals surface area contributed by atoms with Crippen molar-refractivity contribution in [2.24, 2.45) is 0 Å². The first-order chi connectivity index (χ1) is 9.85. The Labute approximate surface area is 122 Å². The zero-order valence-corrected chi connectivity index (χ0v) is 11.7. The van der Waals surface area contributed by atoms with E-state index in [1.165, 1.54) is 13.2 Å². The molecule has 2 N–H and O–H groups in total. The minimum absolute atomic E-state index is 0.0195. The fourth-order valence-corrected chi connectivity index (χ4v) is 2.12. The maximum atomic E-state index is 11.8. The van der Waals surface area contributed by atoms with Gasteiger partial charge in [0.05, 0.1) is 16.9 Å². The van der Waals surface area contributed by atoms with Crippen molar-refractivity contribution >= 4 is 34.2 Å². The molecule has 0 unspecified atom stereocenters. The number of thiophene rings is 1. The van der Waals surface area contributed by atoms with Crippen molar-refractivity contribution in [2.45, 2.75) is 18.9 Å². The highest BCUT2D eigenvalue weighted by molar-refractivity contribution is 7.17. The Morgan fingerprint density at radius 3 is 2.62 bits per heavy atom. The van der Waals surface area contributed by atoms with Gasteiger partial charge in [-0.1, -0.05) is 11.3 Å². The molecule has 114 valence electrons. The van der Waals surface area contributed by atoms with Crippen LogP contribution in [-0.4, -0.2) is 41.0 Å². The van der Waals surface area contributed by atoms with Crippen LogP contribution < -0.4 is 5.32 Å². The zero-order valence-electron chi connectivity index (χ0n) is 10.9. The minimum atomic E-state index is -1.31. The average molecular weight is 316 g/mol. The van der Waals surface area contributed by atoms with E-state index in [1.54, 1.807) is 0 Å². The molecule has 1 amide bonds. The van der Waals surface area contributed by atoms with Crippen LogP contribution in [0.25, 0.3) is 0 Å². The summed E-state index contributed by atoms with van der Waals surface area (Å²) >= 11 is 0.636. The van der Waals surface area contributed by atoms with Gasteiger partial charge in [0, 0.05) is 12.5 Å².